The first-order valence-corrected chi connectivity index (χ1v) is 10.1. The molecule has 0 aliphatic carbocycles. The molecule has 0 spiro atoms. The van der Waals surface area contributed by atoms with Crippen LogP contribution in [0.5, 0.6) is 5.75 Å². The third-order valence-electron chi connectivity index (χ3n) is 4.28. The summed E-state index contributed by atoms with van der Waals surface area (Å²) in [6, 6.07) is 15.7. The summed E-state index contributed by atoms with van der Waals surface area (Å²) in [7, 11) is 5.61. The lowest BCUT2D eigenvalue weighted by Gasteiger charge is -2.11. The molecule has 1 amide bonds. The molecule has 0 fully saturated rings. The minimum atomic E-state index is -0.165. The number of para-hydroxylation sites is 1. The largest absolute Gasteiger partial charge is 0.494 e. The Bertz CT molecular complexity index is 1030. The number of carbonyl (C=O) groups is 1. The Kier molecular flexibility index (Phi) is 6.72. The highest BCUT2D eigenvalue weighted by molar-refractivity contribution is 8.00. The van der Waals surface area contributed by atoms with E-state index < -0.39 is 0 Å². The number of nitrogens with zero attached hydrogens (tertiary/aromatic N) is 3. The highest BCUT2D eigenvalue weighted by atomic mass is 32.2. The molecule has 2 aromatic carbocycles. The van der Waals surface area contributed by atoms with E-state index in [0.717, 1.165) is 38.5 Å². The molecule has 0 aliphatic rings. The maximum absolute atomic E-state index is 12.2. The van der Waals surface area contributed by atoms with Gasteiger partial charge in [0.2, 0.25) is 5.91 Å². The fourth-order valence-electron chi connectivity index (χ4n) is 2.81. The van der Waals surface area contributed by atoms with Gasteiger partial charge in [-0.05, 0) is 36.8 Å². The van der Waals surface area contributed by atoms with E-state index >= 15 is 0 Å². The van der Waals surface area contributed by atoms with Crippen molar-refractivity contribution in [1.82, 2.24) is 10.4 Å². The fourth-order valence-corrected chi connectivity index (χ4v) is 3.73. The highest BCUT2D eigenvalue weighted by Gasteiger charge is 2.10. The van der Waals surface area contributed by atoms with Crippen molar-refractivity contribution >= 4 is 40.5 Å². The topological polar surface area (TPSA) is 66.8 Å². The predicted octanol–water partition coefficient (Wildman–Crippen LogP) is 3.86. The van der Waals surface area contributed by atoms with Crippen LogP contribution in [-0.2, 0) is 4.79 Å². The molecule has 3 rings (SSSR count). The Morgan fingerprint density at radius 1 is 1.24 bits per heavy atom. The van der Waals surface area contributed by atoms with Crippen LogP contribution in [-0.4, -0.2) is 44.1 Å². The van der Waals surface area contributed by atoms with Gasteiger partial charge in [0.1, 0.15) is 11.3 Å². The number of methoxy groups -OCH3 is 1. The van der Waals surface area contributed by atoms with Crippen LogP contribution in [0.1, 0.15) is 11.3 Å². The summed E-state index contributed by atoms with van der Waals surface area (Å²) in [5, 5.41) is 5.02. The Labute approximate surface area is 175 Å². The number of hydrazone groups is 1. The number of pyridine rings is 1. The molecule has 6 nitrogen and oxygen atoms in total. The maximum atomic E-state index is 12.2. The van der Waals surface area contributed by atoms with Crippen LogP contribution in [0.15, 0.2) is 58.5 Å². The number of benzene rings is 2. The molecule has 3 aromatic rings. The average Bonchev–Trinajstić information content (AvgIpc) is 2.72. The van der Waals surface area contributed by atoms with Gasteiger partial charge in [-0.25, -0.2) is 10.4 Å². The van der Waals surface area contributed by atoms with E-state index in [1.165, 1.54) is 11.8 Å². The van der Waals surface area contributed by atoms with Crippen LogP contribution in [0.25, 0.3) is 10.9 Å². The minimum absolute atomic E-state index is 0.165. The lowest BCUT2D eigenvalue weighted by Crippen LogP contribution is -2.19. The van der Waals surface area contributed by atoms with Gasteiger partial charge in [0.25, 0.3) is 0 Å². The highest BCUT2D eigenvalue weighted by Crippen LogP contribution is 2.32. The van der Waals surface area contributed by atoms with E-state index in [2.05, 4.69) is 15.5 Å². The number of amides is 1. The van der Waals surface area contributed by atoms with Crippen LogP contribution >= 0.6 is 11.8 Å². The zero-order valence-electron chi connectivity index (χ0n) is 17.0. The number of aromatic nitrogens is 1. The normalized spacial score (nSPS) is 11.0. The van der Waals surface area contributed by atoms with Crippen LogP contribution in [0.3, 0.4) is 0 Å². The molecule has 1 aromatic heterocycles. The van der Waals surface area contributed by atoms with Gasteiger partial charge in [0.05, 0.1) is 19.1 Å². The summed E-state index contributed by atoms with van der Waals surface area (Å²) >= 11 is 1.46. The van der Waals surface area contributed by atoms with Gasteiger partial charge < -0.3 is 9.64 Å². The second-order valence-electron chi connectivity index (χ2n) is 6.69. The first kappa shape index (κ1) is 20.7. The number of anilines is 1. The molecule has 1 N–H and O–H groups in total. The Morgan fingerprint density at radius 3 is 2.69 bits per heavy atom. The molecular formula is C22H24N4O2S. The number of nitrogens with one attached hydrogen (secondary N) is 1. The van der Waals surface area contributed by atoms with Crippen LogP contribution in [0, 0.1) is 6.92 Å². The SMILES string of the molecule is COc1cccc2c(SCC(=O)NN=Cc3ccc(N(C)C)cc3)cc(C)nc12. The zero-order chi connectivity index (χ0) is 20.8. The average molecular weight is 409 g/mol. The summed E-state index contributed by atoms with van der Waals surface area (Å²) in [4.78, 5) is 19.8. The van der Waals surface area contributed by atoms with Gasteiger partial charge >= 0.3 is 0 Å². The molecule has 0 aliphatic heterocycles. The standard InChI is InChI=1S/C22H24N4O2S/c1-15-12-20(18-6-5-7-19(28-4)22(18)24-15)29-14-21(27)25-23-13-16-8-10-17(11-9-16)26(2)3/h5-13H,14H2,1-4H3,(H,25,27). The number of carbonyl (C=O) groups excluding carboxylic acids is 1. The van der Waals surface area contributed by atoms with Gasteiger partial charge in [-0.2, -0.15) is 5.10 Å². The first-order valence-electron chi connectivity index (χ1n) is 9.14. The Morgan fingerprint density at radius 2 is 2.00 bits per heavy atom. The summed E-state index contributed by atoms with van der Waals surface area (Å²) in [5.41, 5.74) is 6.30. The van der Waals surface area contributed by atoms with Gasteiger partial charge in [-0.1, -0.05) is 24.3 Å². The Hall–Kier alpha value is -3.06. The molecule has 0 saturated heterocycles. The number of aryl methyl sites for hydroxylation is 1. The molecule has 29 heavy (non-hydrogen) atoms. The van der Waals surface area contributed by atoms with Crippen LogP contribution in [0.2, 0.25) is 0 Å². The molecule has 7 heteroatoms. The quantitative estimate of drug-likeness (QED) is 0.365. The van der Waals surface area contributed by atoms with Crippen molar-refractivity contribution in [1.29, 1.82) is 0 Å². The van der Waals surface area contributed by atoms with E-state index in [-0.39, 0.29) is 11.7 Å². The summed E-state index contributed by atoms with van der Waals surface area (Å²) in [6.45, 7) is 1.93. The van der Waals surface area contributed by atoms with Crippen molar-refractivity contribution in [2.24, 2.45) is 5.10 Å². The fraction of sp³-hybridized carbons (Fsp3) is 0.227. The van der Waals surface area contributed by atoms with Gasteiger partial charge in [-0.3, -0.25) is 4.79 Å². The predicted molar refractivity (Wildman–Crippen MR) is 120 cm³/mol. The van der Waals surface area contributed by atoms with E-state index in [1.807, 2.05) is 74.4 Å². The number of hydrogen-bond acceptors (Lipinski definition) is 6. The van der Waals surface area contributed by atoms with E-state index in [9.17, 15) is 4.79 Å². The molecule has 0 atom stereocenters. The lowest BCUT2D eigenvalue weighted by molar-refractivity contribution is -0.118. The first-order chi connectivity index (χ1) is 14.0. The van der Waals surface area contributed by atoms with Gasteiger partial charge in [0.15, 0.2) is 0 Å². The molecule has 0 unspecified atom stereocenters. The second kappa shape index (κ2) is 9.43. The molecule has 0 radical (unpaired) electrons. The lowest BCUT2D eigenvalue weighted by atomic mass is 10.2. The number of ether oxygens (including phenoxy) is 1. The van der Waals surface area contributed by atoms with Crippen molar-refractivity contribution in [3.05, 3.63) is 59.8 Å². The zero-order valence-corrected chi connectivity index (χ0v) is 17.8. The van der Waals surface area contributed by atoms with Crippen LogP contribution in [0.4, 0.5) is 5.69 Å². The van der Waals surface area contributed by atoms with E-state index in [4.69, 9.17) is 4.74 Å². The third kappa shape index (κ3) is 5.26. The smallest absolute Gasteiger partial charge is 0.250 e. The second-order valence-corrected chi connectivity index (χ2v) is 7.70. The third-order valence-corrected chi connectivity index (χ3v) is 5.34. The molecular weight excluding hydrogens is 384 g/mol. The monoisotopic (exact) mass is 408 g/mol. The maximum Gasteiger partial charge on any atom is 0.250 e. The molecule has 1 heterocycles. The molecule has 150 valence electrons. The van der Waals surface area contributed by atoms with Crippen molar-refractivity contribution in [2.75, 3.05) is 31.9 Å². The van der Waals surface area contributed by atoms with E-state index in [0.29, 0.717) is 0 Å². The van der Waals surface area contributed by atoms with Crippen molar-refractivity contribution in [3.63, 3.8) is 0 Å². The molecule has 0 bridgehead atoms. The summed E-state index contributed by atoms with van der Waals surface area (Å²) in [6.07, 6.45) is 1.64. The van der Waals surface area contributed by atoms with Gasteiger partial charge in [0, 0.05) is 35.8 Å². The number of thioether (sulfide) groups is 1. The van der Waals surface area contributed by atoms with Crippen molar-refractivity contribution in [3.8, 4) is 5.75 Å². The summed E-state index contributed by atoms with van der Waals surface area (Å²) < 4.78 is 5.41. The number of rotatable bonds is 7. The number of hydrogen-bond donors (Lipinski definition) is 1. The van der Waals surface area contributed by atoms with Crippen molar-refractivity contribution < 1.29 is 9.53 Å². The minimum Gasteiger partial charge on any atom is -0.494 e. The molecule has 0 saturated carbocycles. The van der Waals surface area contributed by atoms with Gasteiger partial charge in [-0.15, -0.1) is 11.8 Å². The summed E-state index contributed by atoms with van der Waals surface area (Å²) in [5.74, 6) is 0.816. The number of fused-ring (bicyclic) bond motifs is 1. The van der Waals surface area contributed by atoms with Crippen molar-refractivity contribution in [2.45, 2.75) is 11.8 Å². The van der Waals surface area contributed by atoms with E-state index in [1.54, 1.807) is 13.3 Å². The Balaban J connectivity index is 1.62. The van der Waals surface area contributed by atoms with Crippen LogP contribution < -0.4 is 15.1 Å².